The van der Waals surface area contributed by atoms with Gasteiger partial charge in [0.25, 0.3) is 0 Å². The zero-order chi connectivity index (χ0) is 15.0. The van der Waals surface area contributed by atoms with Gasteiger partial charge in [0, 0.05) is 0 Å². The SMILES string of the molecule is CCOc1nc(N)nc2c1sc(=O)n2C1CCC(CO)O1. The zero-order valence-electron chi connectivity index (χ0n) is 11.5. The minimum atomic E-state index is -0.438. The number of thiazole rings is 1. The molecule has 1 fully saturated rings. The number of aromatic nitrogens is 3. The Morgan fingerprint density at radius 2 is 2.33 bits per heavy atom. The topological polar surface area (TPSA) is 112 Å². The Kier molecular flexibility index (Phi) is 3.79. The van der Waals surface area contributed by atoms with E-state index >= 15 is 0 Å². The zero-order valence-corrected chi connectivity index (χ0v) is 12.3. The van der Waals surface area contributed by atoms with Crippen molar-refractivity contribution in [1.82, 2.24) is 14.5 Å². The lowest BCUT2D eigenvalue weighted by molar-refractivity contribution is -0.0214. The van der Waals surface area contributed by atoms with Crippen molar-refractivity contribution in [2.75, 3.05) is 18.9 Å². The molecule has 0 spiro atoms. The van der Waals surface area contributed by atoms with Crippen LogP contribution >= 0.6 is 11.3 Å². The Labute approximate surface area is 124 Å². The highest BCUT2D eigenvalue weighted by atomic mass is 32.1. The van der Waals surface area contributed by atoms with E-state index in [1.807, 2.05) is 6.92 Å². The first kappa shape index (κ1) is 14.2. The summed E-state index contributed by atoms with van der Waals surface area (Å²) in [5.41, 5.74) is 6.11. The van der Waals surface area contributed by atoms with Crippen LogP contribution in [0, 0.1) is 0 Å². The van der Waals surface area contributed by atoms with Gasteiger partial charge in [-0.15, -0.1) is 0 Å². The van der Waals surface area contributed by atoms with Gasteiger partial charge in [-0.25, -0.2) is 0 Å². The maximum absolute atomic E-state index is 12.3. The van der Waals surface area contributed by atoms with E-state index in [-0.39, 0.29) is 23.5 Å². The molecule has 3 N–H and O–H groups in total. The fourth-order valence-corrected chi connectivity index (χ4v) is 3.31. The largest absolute Gasteiger partial charge is 0.477 e. The molecule has 0 radical (unpaired) electrons. The Balaban J connectivity index is 2.11. The molecule has 2 aromatic heterocycles. The van der Waals surface area contributed by atoms with Crippen LogP contribution in [0.4, 0.5) is 5.95 Å². The third kappa shape index (κ3) is 2.47. The predicted molar refractivity (Wildman–Crippen MR) is 77.5 cm³/mol. The maximum Gasteiger partial charge on any atom is 0.311 e. The summed E-state index contributed by atoms with van der Waals surface area (Å²) in [5.74, 6) is 0.367. The fourth-order valence-electron chi connectivity index (χ4n) is 2.41. The second-order valence-electron chi connectivity index (χ2n) is 4.68. The monoisotopic (exact) mass is 312 g/mol. The molecule has 2 aromatic rings. The Hall–Kier alpha value is -1.71. The molecule has 9 heteroatoms. The first-order valence-electron chi connectivity index (χ1n) is 6.71. The van der Waals surface area contributed by atoms with Crippen LogP contribution in [0.25, 0.3) is 10.3 Å². The number of hydrogen-bond acceptors (Lipinski definition) is 8. The van der Waals surface area contributed by atoms with Crippen molar-refractivity contribution in [3.8, 4) is 5.88 Å². The second kappa shape index (κ2) is 5.58. The van der Waals surface area contributed by atoms with E-state index in [0.29, 0.717) is 35.7 Å². The molecule has 0 saturated carbocycles. The summed E-state index contributed by atoms with van der Waals surface area (Å²) in [4.78, 5) is 20.2. The van der Waals surface area contributed by atoms with Gasteiger partial charge in [-0.2, -0.15) is 9.97 Å². The fraction of sp³-hybridized carbons (Fsp3) is 0.583. The van der Waals surface area contributed by atoms with Gasteiger partial charge in [-0.3, -0.25) is 9.36 Å². The average molecular weight is 312 g/mol. The predicted octanol–water partition coefficient (Wildman–Crippen LogP) is 0.504. The molecule has 3 rings (SSSR count). The number of aliphatic hydroxyl groups is 1. The van der Waals surface area contributed by atoms with Crippen LogP contribution in [0.3, 0.4) is 0 Å². The molecule has 0 amide bonds. The molecule has 114 valence electrons. The van der Waals surface area contributed by atoms with Gasteiger partial charge < -0.3 is 20.3 Å². The number of aliphatic hydroxyl groups excluding tert-OH is 1. The summed E-state index contributed by atoms with van der Waals surface area (Å²) >= 11 is 1.01. The normalized spacial score (nSPS) is 22.0. The number of nitrogens with two attached hydrogens (primary N) is 1. The minimum absolute atomic E-state index is 0.0502. The van der Waals surface area contributed by atoms with Crippen molar-refractivity contribution in [2.45, 2.75) is 32.1 Å². The number of ether oxygens (including phenoxy) is 2. The number of nitrogen functional groups attached to an aromatic ring is 1. The summed E-state index contributed by atoms with van der Waals surface area (Å²) in [6.45, 7) is 2.19. The van der Waals surface area contributed by atoms with Crippen LogP contribution in [-0.4, -0.2) is 39.0 Å². The van der Waals surface area contributed by atoms with E-state index in [9.17, 15) is 4.79 Å². The lowest BCUT2D eigenvalue weighted by atomic mass is 10.2. The van der Waals surface area contributed by atoms with Gasteiger partial charge in [0.15, 0.2) is 5.65 Å². The van der Waals surface area contributed by atoms with Gasteiger partial charge in [-0.1, -0.05) is 11.3 Å². The van der Waals surface area contributed by atoms with E-state index in [1.54, 1.807) is 0 Å². The van der Waals surface area contributed by atoms with Crippen LogP contribution < -0.4 is 15.3 Å². The number of anilines is 1. The highest BCUT2D eigenvalue weighted by molar-refractivity contribution is 7.16. The molecule has 0 aliphatic carbocycles. The molecule has 8 nitrogen and oxygen atoms in total. The average Bonchev–Trinajstić information content (AvgIpc) is 3.02. The van der Waals surface area contributed by atoms with Gasteiger partial charge in [0.1, 0.15) is 10.9 Å². The molecule has 1 aliphatic rings. The molecule has 2 unspecified atom stereocenters. The summed E-state index contributed by atoms with van der Waals surface area (Å²) in [5, 5.41) is 9.15. The standard InChI is InChI=1S/C12H16N4O4S/c1-2-19-10-8-9(14-11(13)15-10)16(12(18)21-8)7-4-3-6(5-17)20-7/h6-7,17H,2-5H2,1H3,(H2,13,14,15). The van der Waals surface area contributed by atoms with E-state index in [4.69, 9.17) is 20.3 Å². The minimum Gasteiger partial charge on any atom is -0.477 e. The van der Waals surface area contributed by atoms with E-state index < -0.39 is 6.23 Å². The van der Waals surface area contributed by atoms with Crippen LogP contribution in [0.15, 0.2) is 4.79 Å². The third-order valence-electron chi connectivity index (χ3n) is 3.31. The highest BCUT2D eigenvalue weighted by Crippen LogP contribution is 2.33. The van der Waals surface area contributed by atoms with Crippen molar-refractivity contribution in [3.05, 3.63) is 9.67 Å². The van der Waals surface area contributed by atoms with Gasteiger partial charge in [-0.05, 0) is 19.8 Å². The first-order chi connectivity index (χ1) is 10.1. The Bertz CT molecular complexity index is 713. The molecule has 3 heterocycles. The van der Waals surface area contributed by atoms with E-state index in [2.05, 4.69) is 9.97 Å². The summed E-state index contributed by atoms with van der Waals surface area (Å²) in [6, 6.07) is 0. The summed E-state index contributed by atoms with van der Waals surface area (Å²) in [6.07, 6.45) is 0.656. The number of hydrogen-bond donors (Lipinski definition) is 2. The number of rotatable bonds is 4. The molecule has 0 aromatic carbocycles. The Morgan fingerprint density at radius 3 is 3.00 bits per heavy atom. The van der Waals surface area contributed by atoms with E-state index in [0.717, 1.165) is 11.3 Å². The maximum atomic E-state index is 12.3. The van der Waals surface area contributed by atoms with Crippen LogP contribution in [0.5, 0.6) is 5.88 Å². The second-order valence-corrected chi connectivity index (χ2v) is 5.64. The Morgan fingerprint density at radius 1 is 1.52 bits per heavy atom. The summed E-state index contributed by atoms with van der Waals surface area (Å²) < 4.78 is 13.1. The quantitative estimate of drug-likeness (QED) is 0.845. The van der Waals surface area contributed by atoms with Gasteiger partial charge in [0.05, 0.1) is 19.3 Å². The lowest BCUT2D eigenvalue weighted by Crippen LogP contribution is -2.21. The van der Waals surface area contributed by atoms with Crippen molar-refractivity contribution in [3.63, 3.8) is 0 Å². The molecule has 1 aliphatic heterocycles. The number of fused-ring (bicyclic) bond motifs is 1. The van der Waals surface area contributed by atoms with Crippen LogP contribution in [-0.2, 0) is 4.74 Å². The lowest BCUT2D eigenvalue weighted by Gasteiger charge is -2.13. The third-order valence-corrected chi connectivity index (χ3v) is 4.24. The molecule has 2 atom stereocenters. The molecular weight excluding hydrogens is 296 g/mol. The van der Waals surface area contributed by atoms with Crippen molar-refractivity contribution in [2.24, 2.45) is 0 Å². The smallest absolute Gasteiger partial charge is 0.311 e. The van der Waals surface area contributed by atoms with Gasteiger partial charge >= 0.3 is 4.87 Å². The van der Waals surface area contributed by atoms with Crippen molar-refractivity contribution < 1.29 is 14.6 Å². The first-order valence-corrected chi connectivity index (χ1v) is 7.53. The van der Waals surface area contributed by atoms with Crippen LogP contribution in [0.1, 0.15) is 26.0 Å². The molecule has 0 bridgehead atoms. The molecular formula is C12H16N4O4S. The molecule has 21 heavy (non-hydrogen) atoms. The number of nitrogens with zero attached hydrogens (tertiary/aromatic N) is 3. The van der Waals surface area contributed by atoms with Crippen LogP contribution in [0.2, 0.25) is 0 Å². The van der Waals surface area contributed by atoms with Crippen molar-refractivity contribution in [1.29, 1.82) is 0 Å². The van der Waals surface area contributed by atoms with Crippen molar-refractivity contribution >= 4 is 27.6 Å². The van der Waals surface area contributed by atoms with Gasteiger partial charge in [0.2, 0.25) is 11.8 Å². The molecule has 1 saturated heterocycles. The highest BCUT2D eigenvalue weighted by Gasteiger charge is 2.30. The summed E-state index contributed by atoms with van der Waals surface area (Å²) in [7, 11) is 0. The van der Waals surface area contributed by atoms with E-state index in [1.165, 1.54) is 4.57 Å².